The lowest BCUT2D eigenvalue weighted by atomic mass is 10.1. The van der Waals surface area contributed by atoms with Crippen LogP contribution in [0, 0.1) is 0 Å². The third-order valence-electron chi connectivity index (χ3n) is 4.39. The van der Waals surface area contributed by atoms with Crippen molar-refractivity contribution in [3.05, 3.63) is 47.5 Å². The average Bonchev–Trinajstić information content (AvgIpc) is 3.15. The molecule has 24 heavy (non-hydrogen) atoms. The number of aromatic nitrogens is 3. The van der Waals surface area contributed by atoms with Gasteiger partial charge in [-0.1, -0.05) is 43.2 Å². The summed E-state index contributed by atoms with van der Waals surface area (Å²) in [5.41, 5.74) is 1.12. The summed E-state index contributed by atoms with van der Waals surface area (Å²) in [7, 11) is -3.30. The van der Waals surface area contributed by atoms with E-state index >= 15 is 0 Å². The van der Waals surface area contributed by atoms with E-state index in [1.165, 1.54) is 19.1 Å². The van der Waals surface area contributed by atoms with Gasteiger partial charge < -0.3 is 0 Å². The monoisotopic (exact) mass is 348 g/mol. The Kier molecular flexibility index (Phi) is 5.01. The van der Waals surface area contributed by atoms with Crippen molar-refractivity contribution in [3.63, 3.8) is 0 Å². The van der Waals surface area contributed by atoms with Gasteiger partial charge in [-0.2, -0.15) is 5.10 Å². The van der Waals surface area contributed by atoms with Gasteiger partial charge in [0.2, 0.25) is 10.0 Å². The van der Waals surface area contributed by atoms with E-state index in [-0.39, 0.29) is 0 Å². The van der Waals surface area contributed by atoms with Gasteiger partial charge in [0.25, 0.3) is 0 Å². The van der Waals surface area contributed by atoms with E-state index in [0.29, 0.717) is 18.3 Å². The van der Waals surface area contributed by atoms with E-state index in [9.17, 15) is 8.42 Å². The molecule has 1 fully saturated rings. The van der Waals surface area contributed by atoms with Crippen molar-refractivity contribution < 1.29 is 8.42 Å². The molecule has 0 saturated heterocycles. The summed E-state index contributed by atoms with van der Waals surface area (Å²) in [6.07, 6.45) is 5.82. The quantitative estimate of drug-likeness (QED) is 0.870. The lowest BCUT2D eigenvalue weighted by Crippen LogP contribution is -2.28. The average molecular weight is 348 g/mol. The van der Waals surface area contributed by atoms with E-state index in [1.807, 2.05) is 41.9 Å². The lowest BCUT2D eigenvalue weighted by molar-refractivity contribution is 0.540. The predicted octanol–water partition coefficient (Wildman–Crippen LogP) is 2.59. The minimum atomic E-state index is -3.30. The molecule has 1 saturated carbocycles. The number of rotatable bonds is 6. The first-order chi connectivity index (χ1) is 11.4. The third kappa shape index (κ3) is 4.21. The summed E-state index contributed by atoms with van der Waals surface area (Å²) in [5, 5.41) is 4.71. The zero-order chi connectivity index (χ0) is 17.2. The smallest absolute Gasteiger partial charge is 0.209 e. The van der Waals surface area contributed by atoms with Crippen LogP contribution in [0.2, 0.25) is 0 Å². The molecule has 1 aromatic carbocycles. The fourth-order valence-corrected chi connectivity index (χ4v) is 4.04. The maximum atomic E-state index is 11.6. The summed E-state index contributed by atoms with van der Waals surface area (Å²) in [4.78, 5) is 4.70. The molecule has 1 heterocycles. The maximum Gasteiger partial charge on any atom is 0.209 e. The van der Waals surface area contributed by atoms with E-state index in [4.69, 9.17) is 10.1 Å². The van der Waals surface area contributed by atoms with Gasteiger partial charge in [0.05, 0.1) is 18.8 Å². The molecule has 0 bridgehead atoms. The van der Waals surface area contributed by atoms with Crippen molar-refractivity contribution in [2.24, 2.45) is 0 Å². The minimum Gasteiger partial charge on any atom is -0.244 e. The van der Waals surface area contributed by atoms with Gasteiger partial charge in [0, 0.05) is 5.92 Å². The van der Waals surface area contributed by atoms with Crippen LogP contribution in [0.25, 0.3) is 0 Å². The topological polar surface area (TPSA) is 76.9 Å². The molecule has 1 unspecified atom stereocenters. The Bertz CT molecular complexity index is 780. The van der Waals surface area contributed by atoms with E-state index in [0.717, 1.165) is 24.2 Å². The third-order valence-corrected chi connectivity index (χ3v) is 5.17. The molecule has 130 valence electrons. The Morgan fingerprint density at radius 1 is 1.25 bits per heavy atom. The molecule has 0 aliphatic heterocycles. The van der Waals surface area contributed by atoms with Gasteiger partial charge in [0.15, 0.2) is 5.82 Å². The minimum absolute atomic E-state index is 0.395. The summed E-state index contributed by atoms with van der Waals surface area (Å²) in [5.74, 6) is 1.91. The number of nitrogens with one attached hydrogen (secondary N) is 1. The summed E-state index contributed by atoms with van der Waals surface area (Å²) < 4.78 is 27.6. The summed E-state index contributed by atoms with van der Waals surface area (Å²) in [6.45, 7) is 2.40. The fourth-order valence-electron chi connectivity index (χ4n) is 3.30. The molecule has 1 atom stereocenters. The molecule has 3 rings (SSSR count). The molecular weight excluding hydrogens is 324 g/mol. The SMILES string of the molecule is CC(NS(C)(=O)=O)c1nc(C2CCCC2)nn1Cc1ccccc1. The summed E-state index contributed by atoms with van der Waals surface area (Å²) >= 11 is 0. The molecule has 1 aliphatic carbocycles. The molecule has 1 N–H and O–H groups in total. The van der Waals surface area contributed by atoms with Gasteiger partial charge in [-0.25, -0.2) is 22.8 Å². The van der Waals surface area contributed by atoms with Crippen molar-refractivity contribution in [3.8, 4) is 0 Å². The lowest BCUT2D eigenvalue weighted by Gasteiger charge is -2.13. The number of sulfonamides is 1. The predicted molar refractivity (Wildman–Crippen MR) is 93.2 cm³/mol. The van der Waals surface area contributed by atoms with Crippen molar-refractivity contribution in [2.45, 2.75) is 51.1 Å². The van der Waals surface area contributed by atoms with Gasteiger partial charge in [-0.3, -0.25) is 0 Å². The van der Waals surface area contributed by atoms with Crippen LogP contribution in [0.1, 0.15) is 61.8 Å². The van der Waals surface area contributed by atoms with Crippen LogP contribution in [0.5, 0.6) is 0 Å². The fraction of sp³-hybridized carbons (Fsp3) is 0.529. The highest BCUT2D eigenvalue weighted by molar-refractivity contribution is 7.88. The van der Waals surface area contributed by atoms with Crippen LogP contribution in [-0.4, -0.2) is 29.4 Å². The molecule has 1 aromatic heterocycles. The molecule has 7 heteroatoms. The van der Waals surface area contributed by atoms with Gasteiger partial charge in [-0.05, 0) is 25.3 Å². The van der Waals surface area contributed by atoms with Crippen LogP contribution in [0.15, 0.2) is 30.3 Å². The van der Waals surface area contributed by atoms with E-state index in [1.54, 1.807) is 0 Å². The Morgan fingerprint density at radius 3 is 2.54 bits per heavy atom. The number of nitrogens with zero attached hydrogens (tertiary/aromatic N) is 3. The van der Waals surface area contributed by atoms with Gasteiger partial charge in [0.1, 0.15) is 5.82 Å². The molecule has 1 aliphatic rings. The molecular formula is C17H24N4O2S. The van der Waals surface area contributed by atoms with Crippen LogP contribution in [-0.2, 0) is 16.6 Å². The van der Waals surface area contributed by atoms with Crippen molar-refractivity contribution >= 4 is 10.0 Å². The van der Waals surface area contributed by atoms with Crippen molar-refractivity contribution in [2.75, 3.05) is 6.26 Å². The maximum absolute atomic E-state index is 11.6. The zero-order valence-corrected chi connectivity index (χ0v) is 15.0. The first-order valence-electron chi connectivity index (χ1n) is 8.38. The van der Waals surface area contributed by atoms with Crippen LogP contribution >= 0.6 is 0 Å². The Morgan fingerprint density at radius 2 is 1.92 bits per heavy atom. The number of benzene rings is 1. The Balaban J connectivity index is 1.91. The van der Waals surface area contributed by atoms with Crippen LogP contribution < -0.4 is 4.72 Å². The highest BCUT2D eigenvalue weighted by atomic mass is 32.2. The molecule has 0 radical (unpaired) electrons. The zero-order valence-electron chi connectivity index (χ0n) is 14.1. The highest BCUT2D eigenvalue weighted by Crippen LogP contribution is 2.32. The van der Waals surface area contributed by atoms with Crippen molar-refractivity contribution in [1.29, 1.82) is 0 Å². The van der Waals surface area contributed by atoms with Gasteiger partial charge >= 0.3 is 0 Å². The van der Waals surface area contributed by atoms with Crippen LogP contribution in [0.3, 0.4) is 0 Å². The largest absolute Gasteiger partial charge is 0.244 e. The highest BCUT2D eigenvalue weighted by Gasteiger charge is 2.25. The Hall–Kier alpha value is -1.73. The molecule has 0 spiro atoms. The van der Waals surface area contributed by atoms with E-state index < -0.39 is 16.1 Å². The first kappa shape index (κ1) is 17.1. The second-order valence-corrected chi connectivity index (χ2v) is 8.34. The van der Waals surface area contributed by atoms with Crippen molar-refractivity contribution in [1.82, 2.24) is 19.5 Å². The van der Waals surface area contributed by atoms with E-state index in [2.05, 4.69) is 4.72 Å². The molecule has 2 aromatic rings. The van der Waals surface area contributed by atoms with Gasteiger partial charge in [-0.15, -0.1) is 0 Å². The first-order valence-corrected chi connectivity index (χ1v) is 10.3. The normalized spacial score (nSPS) is 17.2. The Labute approximate surface area is 143 Å². The number of hydrogen-bond acceptors (Lipinski definition) is 4. The number of hydrogen-bond donors (Lipinski definition) is 1. The second kappa shape index (κ2) is 7.03. The summed E-state index contributed by atoms with van der Waals surface area (Å²) in [6, 6.07) is 9.62. The molecule has 6 nitrogen and oxygen atoms in total. The standard InChI is InChI=1S/C17H24N4O2S/c1-13(20-24(2,22)23)17-18-16(15-10-6-7-11-15)19-21(17)12-14-8-4-3-5-9-14/h3-5,8-9,13,15,20H,6-7,10-12H2,1-2H3. The van der Waals surface area contributed by atoms with Crippen LogP contribution in [0.4, 0.5) is 0 Å². The second-order valence-electron chi connectivity index (χ2n) is 6.56. The molecule has 0 amide bonds.